The maximum absolute atomic E-state index is 8.46. The molecular formula is C7H4ClN3O. The molecule has 0 aliphatic carbocycles. The van der Waals surface area contributed by atoms with Crippen LogP contribution in [-0.2, 0) is 0 Å². The Hall–Kier alpha value is -1.60. The van der Waals surface area contributed by atoms with E-state index in [2.05, 4.69) is 10.1 Å². The van der Waals surface area contributed by atoms with Gasteiger partial charge in [0.15, 0.2) is 0 Å². The van der Waals surface area contributed by atoms with Gasteiger partial charge in [-0.3, -0.25) is 4.98 Å². The highest BCUT2D eigenvalue weighted by molar-refractivity contribution is 6.34. The summed E-state index contributed by atoms with van der Waals surface area (Å²) in [5.41, 5.74) is -0.00948. The zero-order valence-electron chi connectivity index (χ0n) is 5.90. The number of nitriles is 1. The lowest BCUT2D eigenvalue weighted by Gasteiger charge is -1.95. The highest BCUT2D eigenvalue weighted by atomic mass is 35.5. The van der Waals surface area contributed by atoms with Crippen molar-refractivity contribution >= 4 is 17.3 Å². The quantitative estimate of drug-likeness (QED) is 0.405. The molecule has 0 unspecified atom stereocenters. The van der Waals surface area contributed by atoms with Gasteiger partial charge in [0.05, 0.1) is 5.02 Å². The van der Waals surface area contributed by atoms with Gasteiger partial charge >= 0.3 is 0 Å². The van der Waals surface area contributed by atoms with Crippen molar-refractivity contribution in [1.82, 2.24) is 4.98 Å². The van der Waals surface area contributed by atoms with Crippen molar-refractivity contribution in [2.75, 3.05) is 0 Å². The van der Waals surface area contributed by atoms with Gasteiger partial charge in [0.1, 0.15) is 11.8 Å². The molecule has 0 saturated heterocycles. The van der Waals surface area contributed by atoms with Crippen LogP contribution in [0.4, 0.5) is 0 Å². The largest absolute Gasteiger partial charge is 0.410 e. The number of pyridine rings is 1. The lowest BCUT2D eigenvalue weighted by atomic mass is 10.2. The molecule has 0 aliphatic heterocycles. The maximum atomic E-state index is 8.46. The van der Waals surface area contributed by atoms with E-state index < -0.39 is 0 Å². The summed E-state index contributed by atoms with van der Waals surface area (Å²) in [6.07, 6.45) is 1.46. The fourth-order valence-electron chi connectivity index (χ4n) is 0.683. The van der Waals surface area contributed by atoms with Crippen LogP contribution in [0.3, 0.4) is 0 Å². The van der Waals surface area contributed by atoms with Crippen LogP contribution in [0, 0.1) is 11.3 Å². The number of rotatable bonds is 1. The number of nitrogens with zero attached hydrogens (tertiary/aromatic N) is 3. The van der Waals surface area contributed by atoms with Crippen LogP contribution in [0.1, 0.15) is 5.69 Å². The number of hydrogen-bond acceptors (Lipinski definition) is 4. The molecule has 1 aromatic heterocycles. The van der Waals surface area contributed by atoms with E-state index in [0.29, 0.717) is 0 Å². The lowest BCUT2D eigenvalue weighted by molar-refractivity contribution is 0.320. The minimum absolute atomic E-state index is 0.184. The van der Waals surface area contributed by atoms with Gasteiger partial charge in [-0.2, -0.15) is 5.26 Å². The standard InChI is InChI=1S/C7H4ClN3O/c8-5-2-1-3-10-7(5)6(4-9)11-12/h1-3,12H/b11-6+. The van der Waals surface area contributed by atoms with Gasteiger partial charge < -0.3 is 5.21 Å². The Bertz CT molecular complexity index is 356. The summed E-state index contributed by atoms with van der Waals surface area (Å²) in [5, 5.41) is 19.9. The van der Waals surface area contributed by atoms with Crippen LogP contribution in [0.15, 0.2) is 23.5 Å². The van der Waals surface area contributed by atoms with E-state index in [4.69, 9.17) is 22.1 Å². The van der Waals surface area contributed by atoms with Crippen LogP contribution in [0.5, 0.6) is 0 Å². The Labute approximate surface area is 73.7 Å². The molecule has 4 nitrogen and oxygen atoms in total. The Morgan fingerprint density at radius 2 is 2.50 bits per heavy atom. The molecule has 1 N–H and O–H groups in total. The molecule has 60 valence electrons. The van der Waals surface area contributed by atoms with Crippen LogP contribution in [-0.4, -0.2) is 15.9 Å². The molecule has 1 rings (SSSR count). The van der Waals surface area contributed by atoms with Crippen LogP contribution in [0.25, 0.3) is 0 Å². The minimum Gasteiger partial charge on any atom is -0.410 e. The van der Waals surface area contributed by atoms with Gasteiger partial charge in [-0.15, -0.1) is 0 Å². The summed E-state index contributed by atoms with van der Waals surface area (Å²) in [6.45, 7) is 0. The predicted octanol–water partition coefficient (Wildman–Crippen LogP) is 1.44. The van der Waals surface area contributed by atoms with Gasteiger partial charge in [-0.05, 0) is 12.1 Å². The van der Waals surface area contributed by atoms with Crippen molar-refractivity contribution in [1.29, 1.82) is 5.26 Å². The van der Waals surface area contributed by atoms with E-state index in [-0.39, 0.29) is 16.4 Å². The third kappa shape index (κ3) is 1.52. The fourth-order valence-corrected chi connectivity index (χ4v) is 0.894. The normalized spacial score (nSPS) is 10.8. The van der Waals surface area contributed by atoms with Gasteiger partial charge in [-0.1, -0.05) is 16.8 Å². The first-order chi connectivity index (χ1) is 5.79. The summed E-state index contributed by atoms with van der Waals surface area (Å²) in [6, 6.07) is 4.85. The number of halogens is 1. The Morgan fingerprint density at radius 1 is 1.75 bits per heavy atom. The number of oxime groups is 1. The molecule has 0 radical (unpaired) electrons. The molecule has 0 atom stereocenters. The van der Waals surface area contributed by atoms with E-state index in [1.165, 1.54) is 6.20 Å². The van der Waals surface area contributed by atoms with Gasteiger partial charge in [-0.25, -0.2) is 0 Å². The molecule has 5 heteroatoms. The van der Waals surface area contributed by atoms with Gasteiger partial charge in [0.25, 0.3) is 0 Å². The molecule has 0 fully saturated rings. The summed E-state index contributed by atoms with van der Waals surface area (Å²) < 4.78 is 0. The predicted molar refractivity (Wildman–Crippen MR) is 43.2 cm³/mol. The second kappa shape index (κ2) is 3.69. The van der Waals surface area contributed by atoms with Crippen LogP contribution >= 0.6 is 11.6 Å². The van der Waals surface area contributed by atoms with Crippen molar-refractivity contribution in [3.63, 3.8) is 0 Å². The number of hydrogen-bond donors (Lipinski definition) is 1. The maximum Gasteiger partial charge on any atom is 0.206 e. The van der Waals surface area contributed by atoms with E-state index in [9.17, 15) is 0 Å². The second-order valence-electron chi connectivity index (χ2n) is 1.89. The topological polar surface area (TPSA) is 69.3 Å². The molecule has 0 bridgehead atoms. The molecule has 0 amide bonds. The van der Waals surface area contributed by atoms with E-state index in [0.717, 1.165) is 0 Å². The van der Waals surface area contributed by atoms with Crippen LogP contribution in [0.2, 0.25) is 5.02 Å². The van der Waals surface area contributed by atoms with E-state index >= 15 is 0 Å². The van der Waals surface area contributed by atoms with Crippen molar-refractivity contribution < 1.29 is 5.21 Å². The molecule has 1 aromatic rings. The number of aromatic nitrogens is 1. The summed E-state index contributed by atoms with van der Waals surface area (Å²) in [5.74, 6) is 0. The molecule has 0 aliphatic rings. The summed E-state index contributed by atoms with van der Waals surface area (Å²) in [4.78, 5) is 3.78. The molecule has 0 aromatic carbocycles. The third-order valence-electron chi connectivity index (χ3n) is 1.19. The fraction of sp³-hybridized carbons (Fsp3) is 0. The van der Waals surface area contributed by atoms with Gasteiger partial charge in [0, 0.05) is 6.20 Å². The average Bonchev–Trinajstić information content (AvgIpc) is 2.10. The Kier molecular flexibility index (Phi) is 2.62. The SMILES string of the molecule is N#C/C(=N\O)c1ncccc1Cl. The zero-order valence-corrected chi connectivity index (χ0v) is 6.65. The molecule has 1 heterocycles. The zero-order chi connectivity index (χ0) is 8.97. The first-order valence-electron chi connectivity index (χ1n) is 3.02. The molecular weight excluding hydrogens is 178 g/mol. The first kappa shape index (κ1) is 8.50. The second-order valence-corrected chi connectivity index (χ2v) is 2.30. The van der Waals surface area contributed by atoms with Crippen LogP contribution < -0.4 is 0 Å². The molecule has 0 saturated carbocycles. The highest BCUT2D eigenvalue weighted by Crippen LogP contribution is 2.12. The minimum atomic E-state index is -0.194. The van der Waals surface area contributed by atoms with E-state index in [1.54, 1.807) is 18.2 Å². The highest BCUT2D eigenvalue weighted by Gasteiger charge is 2.08. The van der Waals surface area contributed by atoms with Crippen molar-refractivity contribution in [3.8, 4) is 6.07 Å². The molecule has 12 heavy (non-hydrogen) atoms. The van der Waals surface area contributed by atoms with Crippen molar-refractivity contribution in [2.45, 2.75) is 0 Å². The Morgan fingerprint density at radius 3 is 3.00 bits per heavy atom. The Balaban J connectivity index is 3.21. The third-order valence-corrected chi connectivity index (χ3v) is 1.49. The first-order valence-corrected chi connectivity index (χ1v) is 3.40. The van der Waals surface area contributed by atoms with Crippen molar-refractivity contribution in [3.05, 3.63) is 29.0 Å². The summed E-state index contributed by atoms with van der Waals surface area (Å²) >= 11 is 5.67. The molecule has 0 spiro atoms. The van der Waals surface area contributed by atoms with Crippen molar-refractivity contribution in [2.24, 2.45) is 5.16 Å². The lowest BCUT2D eigenvalue weighted by Crippen LogP contribution is -2.00. The average molecular weight is 182 g/mol. The van der Waals surface area contributed by atoms with Gasteiger partial charge in [0.2, 0.25) is 5.71 Å². The summed E-state index contributed by atoms with van der Waals surface area (Å²) in [7, 11) is 0. The van der Waals surface area contributed by atoms with E-state index in [1.807, 2.05) is 0 Å². The smallest absolute Gasteiger partial charge is 0.206 e. The monoisotopic (exact) mass is 181 g/mol.